The second-order valence-electron chi connectivity index (χ2n) is 4.63. The highest BCUT2D eigenvalue weighted by Crippen LogP contribution is 2.31. The molecular weight excluding hydrogens is 378 g/mol. The van der Waals surface area contributed by atoms with Crippen molar-refractivity contribution in [2.24, 2.45) is 0 Å². The Kier molecular flexibility index (Phi) is 8.36. The zero-order chi connectivity index (χ0) is 18.1. The highest BCUT2D eigenvalue weighted by Gasteiger charge is 2.12. The van der Waals surface area contributed by atoms with Gasteiger partial charge in [-0.15, -0.1) is 10.2 Å². The molecule has 1 amide bonds. The first-order chi connectivity index (χ1) is 12.2. The van der Waals surface area contributed by atoms with Gasteiger partial charge in [0.05, 0.1) is 24.7 Å². The molecule has 136 valence electrons. The summed E-state index contributed by atoms with van der Waals surface area (Å²) in [4.78, 5) is 12.3. The van der Waals surface area contributed by atoms with Crippen LogP contribution in [0.1, 0.15) is 20.8 Å². The summed E-state index contributed by atoms with van der Waals surface area (Å²) in [5.41, 5.74) is 0.609. The van der Waals surface area contributed by atoms with E-state index in [1.54, 1.807) is 23.9 Å². The third kappa shape index (κ3) is 6.41. The Morgan fingerprint density at radius 1 is 1.12 bits per heavy atom. The second kappa shape index (κ2) is 10.5. The van der Waals surface area contributed by atoms with Crippen molar-refractivity contribution >= 4 is 46.5 Å². The molecule has 9 heteroatoms. The normalized spacial score (nSPS) is 10.5. The quantitative estimate of drug-likeness (QED) is 0.601. The Morgan fingerprint density at radius 2 is 1.84 bits per heavy atom. The molecule has 2 aromatic rings. The number of thioether (sulfide) groups is 2. The van der Waals surface area contributed by atoms with Gasteiger partial charge in [-0.3, -0.25) is 4.79 Å². The first-order valence-electron chi connectivity index (χ1n) is 7.94. The van der Waals surface area contributed by atoms with Crippen molar-refractivity contribution in [2.45, 2.75) is 29.5 Å². The van der Waals surface area contributed by atoms with Gasteiger partial charge in [-0.1, -0.05) is 41.8 Å². The number of nitrogens with zero attached hydrogens (tertiary/aromatic N) is 2. The van der Waals surface area contributed by atoms with E-state index in [-0.39, 0.29) is 11.7 Å². The minimum Gasteiger partial charge on any atom is -0.494 e. The number of ether oxygens (including phenoxy) is 2. The monoisotopic (exact) mass is 399 g/mol. The van der Waals surface area contributed by atoms with E-state index in [0.717, 1.165) is 14.4 Å². The lowest BCUT2D eigenvalue weighted by Gasteiger charge is -2.13. The van der Waals surface area contributed by atoms with E-state index in [2.05, 4.69) is 22.4 Å². The number of hydrogen-bond acceptors (Lipinski definition) is 8. The Hall–Kier alpha value is -1.45. The van der Waals surface area contributed by atoms with Gasteiger partial charge in [0.1, 0.15) is 11.5 Å². The van der Waals surface area contributed by atoms with E-state index in [4.69, 9.17) is 9.47 Å². The van der Waals surface area contributed by atoms with Crippen LogP contribution in [-0.2, 0) is 4.79 Å². The Morgan fingerprint density at radius 3 is 2.52 bits per heavy atom. The number of aromatic nitrogens is 2. The molecule has 0 spiro atoms. The number of anilines is 1. The molecule has 0 bridgehead atoms. The highest BCUT2D eigenvalue weighted by atomic mass is 32.2. The van der Waals surface area contributed by atoms with Crippen LogP contribution in [0, 0.1) is 0 Å². The molecule has 0 fully saturated rings. The van der Waals surface area contributed by atoms with Crippen LogP contribution < -0.4 is 14.8 Å². The average Bonchev–Trinajstić information content (AvgIpc) is 3.04. The third-order valence-corrected chi connectivity index (χ3v) is 5.89. The van der Waals surface area contributed by atoms with Crippen LogP contribution >= 0.6 is 34.9 Å². The summed E-state index contributed by atoms with van der Waals surface area (Å²) in [5, 5.41) is 11.0. The lowest BCUT2D eigenvalue weighted by Crippen LogP contribution is -2.15. The predicted molar refractivity (Wildman–Crippen MR) is 104 cm³/mol. The van der Waals surface area contributed by atoms with Crippen LogP contribution in [0.2, 0.25) is 0 Å². The minimum absolute atomic E-state index is 0.125. The van der Waals surface area contributed by atoms with Crippen molar-refractivity contribution in [3.63, 3.8) is 0 Å². The van der Waals surface area contributed by atoms with Gasteiger partial charge < -0.3 is 14.8 Å². The molecule has 6 nitrogen and oxygen atoms in total. The van der Waals surface area contributed by atoms with Crippen LogP contribution in [0.15, 0.2) is 26.9 Å². The predicted octanol–water partition coefficient (Wildman–Crippen LogP) is 4.18. The molecule has 0 aliphatic carbocycles. The number of carbonyl (C=O) groups is 1. The Balaban J connectivity index is 1.96. The fraction of sp³-hybridized carbons (Fsp3) is 0.438. The number of amides is 1. The summed E-state index contributed by atoms with van der Waals surface area (Å²) in [6, 6.07) is 5.40. The smallest absolute Gasteiger partial charge is 0.234 e. The van der Waals surface area contributed by atoms with Crippen LogP contribution in [0.5, 0.6) is 11.5 Å². The molecule has 0 saturated carbocycles. The molecule has 0 atom stereocenters. The molecule has 0 radical (unpaired) electrons. The number of hydrogen-bond donors (Lipinski definition) is 1. The summed E-state index contributed by atoms with van der Waals surface area (Å²) in [6.07, 6.45) is 0. The lowest BCUT2D eigenvalue weighted by atomic mass is 10.2. The summed E-state index contributed by atoms with van der Waals surface area (Å²) in [6.45, 7) is 6.97. The fourth-order valence-electron chi connectivity index (χ4n) is 1.90. The topological polar surface area (TPSA) is 73.3 Å². The molecular formula is C16H21N3O3S3. The molecule has 0 unspecified atom stereocenters. The summed E-state index contributed by atoms with van der Waals surface area (Å²) in [5.74, 6) is 2.41. The minimum atomic E-state index is -0.125. The lowest BCUT2D eigenvalue weighted by molar-refractivity contribution is -0.113. The van der Waals surface area contributed by atoms with Crippen LogP contribution in [0.25, 0.3) is 0 Å². The summed E-state index contributed by atoms with van der Waals surface area (Å²) >= 11 is 4.53. The van der Waals surface area contributed by atoms with Gasteiger partial charge in [-0.2, -0.15) is 0 Å². The van der Waals surface area contributed by atoms with Crippen molar-refractivity contribution < 1.29 is 14.3 Å². The first-order valence-corrected chi connectivity index (χ1v) is 10.7. The molecule has 1 aromatic carbocycles. The summed E-state index contributed by atoms with van der Waals surface area (Å²) < 4.78 is 12.8. The van der Waals surface area contributed by atoms with Gasteiger partial charge in [0.2, 0.25) is 5.91 Å². The number of rotatable bonds is 10. The first kappa shape index (κ1) is 19.9. The van der Waals surface area contributed by atoms with E-state index in [0.29, 0.717) is 30.4 Å². The molecule has 2 rings (SSSR count). The fourth-order valence-corrected chi connectivity index (χ4v) is 4.61. The molecule has 1 N–H and O–H groups in total. The van der Waals surface area contributed by atoms with Crippen LogP contribution in [0.4, 0.5) is 5.69 Å². The largest absolute Gasteiger partial charge is 0.494 e. The standard InChI is InChI=1S/C16H21N3O3S3/c1-4-21-11-7-8-13(22-5-2)12(9-11)17-14(20)10-24-16-19-18-15(25-16)23-6-3/h7-9H,4-6,10H2,1-3H3,(H,17,20). The van der Waals surface area contributed by atoms with Gasteiger partial charge in [0.15, 0.2) is 8.68 Å². The van der Waals surface area contributed by atoms with Gasteiger partial charge >= 0.3 is 0 Å². The highest BCUT2D eigenvalue weighted by molar-refractivity contribution is 8.03. The van der Waals surface area contributed by atoms with Crippen molar-refractivity contribution in [1.29, 1.82) is 0 Å². The molecule has 0 aliphatic heterocycles. The average molecular weight is 400 g/mol. The van der Waals surface area contributed by atoms with E-state index in [9.17, 15) is 4.79 Å². The molecule has 0 saturated heterocycles. The third-order valence-electron chi connectivity index (χ3n) is 2.82. The molecule has 0 aliphatic rings. The zero-order valence-electron chi connectivity index (χ0n) is 14.4. The maximum Gasteiger partial charge on any atom is 0.234 e. The molecule has 1 aromatic heterocycles. The Labute approximate surface area is 160 Å². The van der Waals surface area contributed by atoms with E-state index in [1.165, 1.54) is 23.1 Å². The van der Waals surface area contributed by atoms with Gasteiger partial charge in [0, 0.05) is 6.07 Å². The maximum atomic E-state index is 12.3. The summed E-state index contributed by atoms with van der Waals surface area (Å²) in [7, 11) is 0. The van der Waals surface area contributed by atoms with Gasteiger partial charge in [-0.25, -0.2) is 0 Å². The van der Waals surface area contributed by atoms with E-state index < -0.39 is 0 Å². The number of carbonyl (C=O) groups excluding carboxylic acids is 1. The zero-order valence-corrected chi connectivity index (χ0v) is 16.9. The maximum absolute atomic E-state index is 12.3. The molecule has 1 heterocycles. The number of nitrogens with one attached hydrogen (secondary N) is 1. The van der Waals surface area contributed by atoms with Crippen molar-refractivity contribution in [3.05, 3.63) is 18.2 Å². The van der Waals surface area contributed by atoms with Crippen molar-refractivity contribution in [3.8, 4) is 11.5 Å². The van der Waals surface area contributed by atoms with Crippen molar-refractivity contribution in [2.75, 3.05) is 30.0 Å². The van der Waals surface area contributed by atoms with Gasteiger partial charge in [0.25, 0.3) is 0 Å². The molecule has 25 heavy (non-hydrogen) atoms. The van der Waals surface area contributed by atoms with E-state index >= 15 is 0 Å². The SMILES string of the molecule is CCOc1ccc(OCC)c(NC(=O)CSc2nnc(SCC)s2)c1. The van der Waals surface area contributed by atoms with Crippen molar-refractivity contribution in [1.82, 2.24) is 10.2 Å². The number of benzene rings is 1. The van der Waals surface area contributed by atoms with Crippen LogP contribution in [-0.4, -0.2) is 40.8 Å². The second-order valence-corrected chi connectivity index (χ2v) is 8.34. The van der Waals surface area contributed by atoms with Crippen LogP contribution in [0.3, 0.4) is 0 Å². The Bertz CT molecular complexity index is 694. The van der Waals surface area contributed by atoms with E-state index in [1.807, 2.05) is 19.9 Å². The van der Waals surface area contributed by atoms with Gasteiger partial charge in [-0.05, 0) is 31.7 Å².